The zero-order valence-corrected chi connectivity index (χ0v) is 9.32. The van der Waals surface area contributed by atoms with Gasteiger partial charge < -0.3 is 10.4 Å². The molecule has 0 aromatic carbocycles. The second-order valence-corrected chi connectivity index (χ2v) is 4.31. The summed E-state index contributed by atoms with van der Waals surface area (Å²) in [5, 5.41) is 11.6. The zero-order valence-electron chi connectivity index (χ0n) is 9.32. The van der Waals surface area contributed by atoms with Crippen LogP contribution in [0, 0.1) is 17.8 Å². The highest BCUT2D eigenvalue weighted by atomic mass is 16.4. The molecule has 0 aromatic heterocycles. The maximum atomic E-state index is 11.3. The predicted octanol–water partition coefficient (Wildman–Crippen LogP) is -0.468. The van der Waals surface area contributed by atoms with Gasteiger partial charge in [-0.15, -0.1) is 6.42 Å². The van der Waals surface area contributed by atoms with Crippen LogP contribution in [0.3, 0.4) is 0 Å². The summed E-state index contributed by atoms with van der Waals surface area (Å²) >= 11 is 0. The number of terminal acetylenes is 1. The highest BCUT2D eigenvalue weighted by Crippen LogP contribution is 2.29. The first-order chi connectivity index (χ1) is 7.48. The van der Waals surface area contributed by atoms with Crippen LogP contribution >= 0.6 is 0 Å². The summed E-state index contributed by atoms with van der Waals surface area (Å²) in [6.45, 7) is 3.17. The van der Waals surface area contributed by atoms with Crippen molar-refractivity contribution in [3.05, 3.63) is 0 Å². The number of rotatable bonds is 4. The number of likely N-dealkylation sites (tertiary alicyclic amines) is 1. The van der Waals surface area contributed by atoms with Gasteiger partial charge in [-0.3, -0.25) is 14.5 Å². The molecule has 1 heterocycles. The summed E-state index contributed by atoms with van der Waals surface area (Å²) in [6, 6.07) is 0. The second kappa shape index (κ2) is 4.99. The van der Waals surface area contributed by atoms with Crippen LogP contribution in [0.2, 0.25) is 0 Å². The summed E-state index contributed by atoms with van der Waals surface area (Å²) in [5.74, 6) is 1.35. The lowest BCUT2D eigenvalue weighted by atomic mass is 9.90. The molecule has 5 nitrogen and oxygen atoms in total. The molecule has 1 atom stereocenters. The van der Waals surface area contributed by atoms with Crippen molar-refractivity contribution in [2.45, 2.75) is 13.3 Å². The van der Waals surface area contributed by atoms with Gasteiger partial charge in [-0.1, -0.05) is 5.92 Å². The van der Waals surface area contributed by atoms with Crippen LogP contribution < -0.4 is 5.32 Å². The van der Waals surface area contributed by atoms with Crippen LogP contribution in [0.15, 0.2) is 0 Å². The van der Waals surface area contributed by atoms with Gasteiger partial charge in [-0.05, 0) is 19.9 Å². The molecular formula is C11H16N2O3. The average Bonchev–Trinajstić information content (AvgIpc) is 2.58. The largest absolute Gasteiger partial charge is 0.481 e. The number of hydrogen-bond acceptors (Lipinski definition) is 3. The molecular weight excluding hydrogens is 208 g/mol. The monoisotopic (exact) mass is 224 g/mol. The number of hydrogen-bond donors (Lipinski definition) is 2. The molecule has 0 radical (unpaired) electrons. The zero-order chi connectivity index (χ0) is 12.2. The number of carbonyl (C=O) groups is 2. The van der Waals surface area contributed by atoms with Crippen molar-refractivity contribution in [1.82, 2.24) is 10.2 Å². The Morgan fingerprint density at radius 3 is 2.81 bits per heavy atom. The highest BCUT2D eigenvalue weighted by molar-refractivity contribution is 5.79. The first-order valence-electron chi connectivity index (χ1n) is 5.14. The Morgan fingerprint density at radius 2 is 2.31 bits per heavy atom. The van der Waals surface area contributed by atoms with Crippen molar-refractivity contribution in [2.75, 3.05) is 26.2 Å². The smallest absolute Gasteiger partial charge is 0.310 e. The number of carbonyl (C=O) groups excluding carboxylic acids is 1. The molecule has 5 heteroatoms. The van der Waals surface area contributed by atoms with Crippen molar-refractivity contribution in [1.29, 1.82) is 0 Å². The number of carboxylic acids is 1. The van der Waals surface area contributed by atoms with Gasteiger partial charge in [0.2, 0.25) is 5.91 Å². The summed E-state index contributed by atoms with van der Waals surface area (Å²) < 4.78 is 0. The lowest BCUT2D eigenvalue weighted by Crippen LogP contribution is -2.38. The summed E-state index contributed by atoms with van der Waals surface area (Å²) in [6.07, 6.45) is 5.59. The van der Waals surface area contributed by atoms with E-state index in [1.165, 1.54) is 0 Å². The van der Waals surface area contributed by atoms with Crippen LogP contribution in [0.25, 0.3) is 0 Å². The van der Waals surface area contributed by atoms with Crippen molar-refractivity contribution in [2.24, 2.45) is 5.41 Å². The minimum Gasteiger partial charge on any atom is -0.481 e. The van der Waals surface area contributed by atoms with Crippen LogP contribution in [0.4, 0.5) is 0 Å². The van der Waals surface area contributed by atoms with Crippen LogP contribution in [-0.4, -0.2) is 48.1 Å². The highest BCUT2D eigenvalue weighted by Gasteiger charge is 2.40. The molecule has 1 fully saturated rings. The Hall–Kier alpha value is -1.54. The minimum absolute atomic E-state index is 0.160. The van der Waals surface area contributed by atoms with Crippen molar-refractivity contribution in [3.63, 3.8) is 0 Å². The molecule has 0 bridgehead atoms. The average molecular weight is 224 g/mol. The lowest BCUT2D eigenvalue weighted by molar-refractivity contribution is -0.147. The minimum atomic E-state index is -0.806. The standard InChI is InChI=1S/C11H16N2O3/c1-3-5-12-9(14)7-13-6-4-11(2,8-13)10(15)16/h1H,4-8H2,2H3,(H,12,14)(H,15,16). The summed E-state index contributed by atoms with van der Waals surface area (Å²) in [5.41, 5.74) is -0.730. The molecule has 1 saturated heterocycles. The molecule has 0 spiro atoms. The fourth-order valence-electron chi connectivity index (χ4n) is 1.77. The normalized spacial score (nSPS) is 25.0. The first-order valence-corrected chi connectivity index (χ1v) is 5.14. The quantitative estimate of drug-likeness (QED) is 0.634. The Kier molecular flexibility index (Phi) is 3.91. The molecule has 88 valence electrons. The number of amides is 1. The van der Waals surface area contributed by atoms with E-state index in [0.29, 0.717) is 19.5 Å². The topological polar surface area (TPSA) is 69.6 Å². The Balaban J connectivity index is 2.40. The maximum absolute atomic E-state index is 11.3. The lowest BCUT2D eigenvalue weighted by Gasteiger charge is -2.19. The van der Waals surface area contributed by atoms with E-state index < -0.39 is 11.4 Å². The van der Waals surface area contributed by atoms with E-state index in [1.807, 2.05) is 4.90 Å². The molecule has 1 aliphatic rings. The summed E-state index contributed by atoms with van der Waals surface area (Å²) in [4.78, 5) is 24.1. The summed E-state index contributed by atoms with van der Waals surface area (Å²) in [7, 11) is 0. The third-order valence-corrected chi connectivity index (χ3v) is 2.82. The van der Waals surface area contributed by atoms with Crippen molar-refractivity contribution >= 4 is 11.9 Å². The van der Waals surface area contributed by atoms with E-state index in [-0.39, 0.29) is 19.0 Å². The van der Waals surface area contributed by atoms with Gasteiger partial charge in [-0.25, -0.2) is 0 Å². The van der Waals surface area contributed by atoms with Gasteiger partial charge in [-0.2, -0.15) is 0 Å². The molecule has 0 saturated carbocycles. The van der Waals surface area contributed by atoms with Crippen LogP contribution in [0.1, 0.15) is 13.3 Å². The maximum Gasteiger partial charge on any atom is 0.310 e. The molecule has 1 amide bonds. The SMILES string of the molecule is C#CCNC(=O)CN1CCC(C)(C(=O)O)C1. The van der Waals surface area contributed by atoms with E-state index in [0.717, 1.165) is 0 Å². The number of nitrogens with zero attached hydrogens (tertiary/aromatic N) is 1. The first kappa shape index (κ1) is 12.5. The van der Waals surface area contributed by atoms with E-state index in [4.69, 9.17) is 11.5 Å². The van der Waals surface area contributed by atoms with Crippen LogP contribution in [-0.2, 0) is 9.59 Å². The van der Waals surface area contributed by atoms with E-state index in [9.17, 15) is 9.59 Å². The van der Waals surface area contributed by atoms with E-state index >= 15 is 0 Å². The van der Waals surface area contributed by atoms with E-state index in [1.54, 1.807) is 6.92 Å². The van der Waals surface area contributed by atoms with Gasteiger partial charge in [0.05, 0.1) is 18.5 Å². The molecule has 16 heavy (non-hydrogen) atoms. The molecule has 0 aliphatic carbocycles. The third-order valence-electron chi connectivity index (χ3n) is 2.82. The molecule has 1 rings (SSSR count). The van der Waals surface area contributed by atoms with Gasteiger partial charge >= 0.3 is 5.97 Å². The third kappa shape index (κ3) is 2.97. The molecule has 1 aliphatic heterocycles. The Labute approximate surface area is 94.8 Å². The van der Waals surface area contributed by atoms with Crippen molar-refractivity contribution in [3.8, 4) is 12.3 Å². The van der Waals surface area contributed by atoms with Crippen LogP contribution in [0.5, 0.6) is 0 Å². The fraction of sp³-hybridized carbons (Fsp3) is 0.636. The number of nitrogens with one attached hydrogen (secondary N) is 1. The number of carboxylic acid groups (broad SMARTS) is 1. The Morgan fingerprint density at radius 1 is 1.62 bits per heavy atom. The molecule has 2 N–H and O–H groups in total. The van der Waals surface area contributed by atoms with Crippen molar-refractivity contribution < 1.29 is 14.7 Å². The van der Waals surface area contributed by atoms with Gasteiger partial charge in [0.1, 0.15) is 0 Å². The van der Waals surface area contributed by atoms with Gasteiger partial charge in [0.25, 0.3) is 0 Å². The fourth-order valence-corrected chi connectivity index (χ4v) is 1.77. The van der Waals surface area contributed by atoms with Gasteiger partial charge in [0.15, 0.2) is 0 Å². The number of aliphatic carboxylic acids is 1. The second-order valence-electron chi connectivity index (χ2n) is 4.31. The van der Waals surface area contributed by atoms with E-state index in [2.05, 4.69) is 11.2 Å². The molecule has 1 unspecified atom stereocenters. The predicted molar refractivity (Wildman–Crippen MR) is 58.6 cm³/mol. The Bertz CT molecular complexity index is 335. The van der Waals surface area contributed by atoms with Gasteiger partial charge in [0, 0.05) is 6.54 Å². The molecule has 0 aromatic rings.